The molecule has 1 aliphatic rings. The molecule has 0 unspecified atom stereocenters. The summed E-state index contributed by atoms with van der Waals surface area (Å²) in [6.07, 6.45) is 3.47. The highest BCUT2D eigenvalue weighted by Crippen LogP contribution is 2.13. The van der Waals surface area contributed by atoms with Crippen LogP contribution in [0.15, 0.2) is 17.3 Å². The van der Waals surface area contributed by atoms with Gasteiger partial charge in [0.2, 0.25) is 0 Å². The lowest BCUT2D eigenvalue weighted by atomic mass is 9.98. The molecule has 0 saturated heterocycles. The number of hydrogen-bond donors (Lipinski definition) is 2. The van der Waals surface area contributed by atoms with Gasteiger partial charge in [-0.15, -0.1) is 0 Å². The molecule has 0 amide bonds. The predicted molar refractivity (Wildman–Crippen MR) is 59.8 cm³/mol. The minimum absolute atomic E-state index is 0.572. The van der Waals surface area contributed by atoms with Crippen LogP contribution in [0.5, 0.6) is 0 Å². The molecule has 13 heavy (non-hydrogen) atoms. The van der Waals surface area contributed by atoms with Crippen molar-refractivity contribution in [3.05, 3.63) is 12.2 Å². The molecule has 1 aliphatic carbocycles. The summed E-state index contributed by atoms with van der Waals surface area (Å²) in [4.78, 5) is 0. The molecular formula is C9H15N3S. The molecule has 0 aromatic heterocycles. The van der Waals surface area contributed by atoms with Gasteiger partial charge in [-0.3, -0.25) is 5.43 Å². The zero-order valence-electron chi connectivity index (χ0n) is 7.89. The van der Waals surface area contributed by atoms with Gasteiger partial charge in [-0.25, -0.2) is 0 Å². The van der Waals surface area contributed by atoms with Gasteiger partial charge in [0.05, 0.1) is 0 Å². The Morgan fingerprint density at radius 3 is 2.77 bits per heavy atom. The van der Waals surface area contributed by atoms with Gasteiger partial charge >= 0.3 is 0 Å². The maximum Gasteiger partial charge on any atom is 0.187 e. The summed E-state index contributed by atoms with van der Waals surface area (Å²) in [6, 6.07) is 0. The van der Waals surface area contributed by atoms with Gasteiger partial charge < -0.3 is 5.32 Å². The second kappa shape index (κ2) is 4.97. The number of hydrogen-bond acceptors (Lipinski definition) is 2. The number of nitrogens with one attached hydrogen (secondary N) is 2. The quantitative estimate of drug-likeness (QED) is 0.409. The minimum Gasteiger partial charge on any atom is -0.358 e. The Balaban J connectivity index is 2.13. The molecule has 0 aromatic carbocycles. The SMILES string of the molecule is C=C(C)CNC(=S)NN=C1CCC1. The van der Waals surface area contributed by atoms with Gasteiger partial charge in [-0.2, -0.15) is 5.10 Å². The molecule has 72 valence electrons. The maximum atomic E-state index is 4.99. The molecule has 0 aliphatic heterocycles. The van der Waals surface area contributed by atoms with E-state index in [-0.39, 0.29) is 0 Å². The van der Waals surface area contributed by atoms with Crippen LogP contribution in [-0.4, -0.2) is 17.4 Å². The fourth-order valence-electron chi connectivity index (χ4n) is 0.847. The molecule has 0 spiro atoms. The number of rotatable bonds is 3. The molecule has 1 rings (SSSR count). The van der Waals surface area contributed by atoms with Gasteiger partial charge in [0.1, 0.15) is 0 Å². The standard InChI is InChI=1S/C9H15N3S/c1-7(2)6-10-9(13)12-11-8-4-3-5-8/h1,3-6H2,2H3,(H2,10,12,13). The normalized spacial score (nSPS) is 14.4. The van der Waals surface area contributed by atoms with E-state index < -0.39 is 0 Å². The van der Waals surface area contributed by atoms with E-state index in [1.165, 1.54) is 12.1 Å². The highest BCUT2D eigenvalue weighted by molar-refractivity contribution is 7.80. The van der Waals surface area contributed by atoms with Gasteiger partial charge in [0.25, 0.3) is 0 Å². The molecule has 0 radical (unpaired) electrons. The van der Waals surface area contributed by atoms with Crippen molar-refractivity contribution in [2.24, 2.45) is 5.10 Å². The summed E-state index contributed by atoms with van der Waals surface area (Å²) in [7, 11) is 0. The molecule has 0 bridgehead atoms. The fraction of sp³-hybridized carbons (Fsp3) is 0.556. The Morgan fingerprint density at radius 2 is 2.31 bits per heavy atom. The molecule has 1 saturated carbocycles. The van der Waals surface area contributed by atoms with Crippen molar-refractivity contribution in [1.82, 2.24) is 10.7 Å². The number of hydrazone groups is 1. The van der Waals surface area contributed by atoms with E-state index in [0.29, 0.717) is 11.7 Å². The van der Waals surface area contributed by atoms with E-state index in [1.807, 2.05) is 6.92 Å². The second-order valence-electron chi connectivity index (χ2n) is 3.28. The largest absolute Gasteiger partial charge is 0.358 e. The van der Waals surface area contributed by atoms with E-state index in [2.05, 4.69) is 22.4 Å². The Labute approximate surface area is 84.3 Å². The lowest BCUT2D eigenvalue weighted by molar-refractivity contribution is 0.776. The van der Waals surface area contributed by atoms with Crippen molar-refractivity contribution in [3.8, 4) is 0 Å². The van der Waals surface area contributed by atoms with Crippen LogP contribution < -0.4 is 10.7 Å². The summed E-state index contributed by atoms with van der Waals surface area (Å²) >= 11 is 4.99. The summed E-state index contributed by atoms with van der Waals surface area (Å²) < 4.78 is 0. The van der Waals surface area contributed by atoms with Crippen molar-refractivity contribution in [1.29, 1.82) is 0 Å². The Kier molecular flexibility index (Phi) is 3.89. The predicted octanol–water partition coefficient (Wildman–Crippen LogP) is 1.57. The molecule has 0 atom stereocenters. The van der Waals surface area contributed by atoms with Crippen molar-refractivity contribution in [2.45, 2.75) is 26.2 Å². The van der Waals surface area contributed by atoms with Gasteiger partial charge in [-0.05, 0) is 38.4 Å². The van der Waals surface area contributed by atoms with Crippen LogP contribution in [0.4, 0.5) is 0 Å². The lowest BCUT2D eigenvalue weighted by Gasteiger charge is -2.15. The summed E-state index contributed by atoms with van der Waals surface area (Å²) in [6.45, 7) is 6.42. The Bertz CT molecular complexity index is 239. The third-order valence-electron chi connectivity index (χ3n) is 1.80. The first-order chi connectivity index (χ1) is 6.18. The number of thiocarbonyl (C=S) groups is 1. The first-order valence-corrected chi connectivity index (χ1v) is 4.83. The first-order valence-electron chi connectivity index (χ1n) is 4.42. The molecule has 3 nitrogen and oxygen atoms in total. The average Bonchev–Trinajstić information content (AvgIpc) is 1.98. The van der Waals surface area contributed by atoms with Crippen LogP contribution in [0, 0.1) is 0 Å². The monoisotopic (exact) mass is 197 g/mol. The van der Waals surface area contributed by atoms with Crippen LogP contribution in [-0.2, 0) is 0 Å². The van der Waals surface area contributed by atoms with E-state index in [4.69, 9.17) is 12.2 Å². The molecule has 2 N–H and O–H groups in total. The van der Waals surface area contributed by atoms with Crippen molar-refractivity contribution in [3.63, 3.8) is 0 Å². The zero-order valence-corrected chi connectivity index (χ0v) is 8.71. The van der Waals surface area contributed by atoms with E-state index >= 15 is 0 Å². The topological polar surface area (TPSA) is 36.4 Å². The molecule has 4 heteroatoms. The number of nitrogens with zero attached hydrogens (tertiary/aromatic N) is 1. The molecule has 0 heterocycles. The van der Waals surface area contributed by atoms with E-state index in [9.17, 15) is 0 Å². The van der Waals surface area contributed by atoms with Crippen molar-refractivity contribution in [2.75, 3.05) is 6.54 Å². The van der Waals surface area contributed by atoms with Crippen LogP contribution in [0.25, 0.3) is 0 Å². The summed E-state index contributed by atoms with van der Waals surface area (Å²) in [5.74, 6) is 0. The van der Waals surface area contributed by atoms with Crippen LogP contribution in [0.1, 0.15) is 26.2 Å². The third-order valence-corrected chi connectivity index (χ3v) is 2.03. The summed E-state index contributed by atoms with van der Waals surface area (Å²) in [5, 5.41) is 7.71. The zero-order chi connectivity index (χ0) is 9.68. The maximum absolute atomic E-state index is 4.99. The molecular weight excluding hydrogens is 182 g/mol. The van der Waals surface area contributed by atoms with Crippen molar-refractivity contribution < 1.29 is 0 Å². The van der Waals surface area contributed by atoms with Crippen LogP contribution in [0.3, 0.4) is 0 Å². The summed E-state index contributed by atoms with van der Waals surface area (Å²) in [5.41, 5.74) is 5.07. The van der Waals surface area contributed by atoms with Gasteiger partial charge in [0, 0.05) is 12.3 Å². The second-order valence-corrected chi connectivity index (χ2v) is 3.69. The first kappa shape index (κ1) is 10.2. The van der Waals surface area contributed by atoms with Gasteiger partial charge in [-0.1, -0.05) is 12.2 Å². The minimum atomic E-state index is 0.572. The van der Waals surface area contributed by atoms with E-state index in [0.717, 1.165) is 18.4 Å². The highest BCUT2D eigenvalue weighted by atomic mass is 32.1. The molecule has 1 fully saturated rings. The smallest absolute Gasteiger partial charge is 0.187 e. The van der Waals surface area contributed by atoms with Crippen molar-refractivity contribution >= 4 is 23.0 Å². The Morgan fingerprint density at radius 1 is 1.62 bits per heavy atom. The lowest BCUT2D eigenvalue weighted by Crippen LogP contribution is -2.34. The highest BCUT2D eigenvalue weighted by Gasteiger charge is 2.09. The Hall–Kier alpha value is -0.900. The fourth-order valence-corrected chi connectivity index (χ4v) is 0.965. The van der Waals surface area contributed by atoms with Gasteiger partial charge in [0.15, 0.2) is 5.11 Å². The van der Waals surface area contributed by atoms with Crippen LogP contribution in [0.2, 0.25) is 0 Å². The van der Waals surface area contributed by atoms with E-state index in [1.54, 1.807) is 0 Å². The van der Waals surface area contributed by atoms with Crippen LogP contribution >= 0.6 is 12.2 Å². The average molecular weight is 197 g/mol. The molecule has 0 aromatic rings. The third kappa shape index (κ3) is 4.03.